The van der Waals surface area contributed by atoms with Gasteiger partial charge in [0.25, 0.3) is 0 Å². The molecule has 0 spiro atoms. The molecule has 0 unspecified atom stereocenters. The second-order valence-electron chi connectivity index (χ2n) is 5.03. The molecular weight excluding hydrogens is 274 g/mol. The molecule has 20 heavy (non-hydrogen) atoms. The first kappa shape index (κ1) is 14.9. The molecule has 0 amide bonds. The highest BCUT2D eigenvalue weighted by Crippen LogP contribution is 2.27. The molecule has 4 nitrogen and oxygen atoms in total. The minimum atomic E-state index is 0.419. The maximum absolute atomic E-state index is 6.21. The van der Waals surface area contributed by atoms with Crippen LogP contribution in [0.5, 0.6) is 5.75 Å². The van der Waals surface area contributed by atoms with Crippen LogP contribution in [0.1, 0.15) is 27.9 Å². The van der Waals surface area contributed by atoms with Crippen LogP contribution in [0.3, 0.4) is 0 Å². The van der Waals surface area contributed by atoms with E-state index in [1.54, 1.807) is 4.68 Å². The molecule has 2 N–H and O–H groups in total. The van der Waals surface area contributed by atoms with Crippen LogP contribution in [0.2, 0.25) is 5.15 Å². The van der Waals surface area contributed by atoms with Gasteiger partial charge in [-0.25, -0.2) is 0 Å². The summed E-state index contributed by atoms with van der Waals surface area (Å²) in [7, 11) is 1.82. The van der Waals surface area contributed by atoms with E-state index in [4.69, 9.17) is 22.1 Å². The normalized spacial score (nSPS) is 10.9. The van der Waals surface area contributed by atoms with Crippen LogP contribution in [0.4, 0.5) is 0 Å². The summed E-state index contributed by atoms with van der Waals surface area (Å²) in [6.07, 6.45) is 0. The summed E-state index contributed by atoms with van der Waals surface area (Å²) in [5.41, 5.74) is 10.8. The quantitative estimate of drug-likeness (QED) is 0.943. The fraction of sp³-hybridized carbons (Fsp3) is 0.400. The number of halogens is 1. The fourth-order valence-electron chi connectivity index (χ4n) is 2.37. The highest BCUT2D eigenvalue weighted by molar-refractivity contribution is 6.30. The summed E-state index contributed by atoms with van der Waals surface area (Å²) in [6, 6.07) is 4.11. The van der Waals surface area contributed by atoms with Gasteiger partial charge in [-0.3, -0.25) is 4.68 Å². The Balaban J connectivity index is 2.23. The van der Waals surface area contributed by atoms with Crippen molar-refractivity contribution in [1.82, 2.24) is 9.78 Å². The number of ether oxygens (including phenoxy) is 1. The lowest BCUT2D eigenvalue weighted by molar-refractivity contribution is 0.301. The standard InChI is InChI=1S/C15H20ClN3O/c1-9-5-12(7-17)6-10(2)14(9)20-8-13-11(3)18-19(4)15(13)16/h5-6H,7-8,17H2,1-4H3. The molecule has 5 heteroatoms. The summed E-state index contributed by atoms with van der Waals surface area (Å²) in [5.74, 6) is 0.890. The molecule has 108 valence electrons. The number of nitrogens with two attached hydrogens (primary N) is 1. The van der Waals surface area contributed by atoms with Crippen molar-refractivity contribution in [2.45, 2.75) is 33.9 Å². The van der Waals surface area contributed by atoms with Crippen LogP contribution in [-0.4, -0.2) is 9.78 Å². The third kappa shape index (κ3) is 2.81. The zero-order valence-electron chi connectivity index (χ0n) is 12.3. The van der Waals surface area contributed by atoms with Crippen molar-refractivity contribution in [1.29, 1.82) is 0 Å². The molecule has 0 saturated heterocycles. The fourth-order valence-corrected chi connectivity index (χ4v) is 2.60. The van der Waals surface area contributed by atoms with Gasteiger partial charge in [0.1, 0.15) is 17.5 Å². The topological polar surface area (TPSA) is 53.1 Å². The molecule has 0 aliphatic heterocycles. The van der Waals surface area contributed by atoms with E-state index in [0.29, 0.717) is 18.3 Å². The van der Waals surface area contributed by atoms with E-state index in [2.05, 4.69) is 17.2 Å². The van der Waals surface area contributed by atoms with Crippen LogP contribution in [0, 0.1) is 20.8 Å². The number of benzene rings is 1. The van der Waals surface area contributed by atoms with Crippen molar-refractivity contribution in [3.63, 3.8) is 0 Å². The van der Waals surface area contributed by atoms with Crippen LogP contribution in [0.15, 0.2) is 12.1 Å². The second-order valence-corrected chi connectivity index (χ2v) is 5.39. The van der Waals surface area contributed by atoms with E-state index < -0.39 is 0 Å². The molecule has 2 rings (SSSR count). The second kappa shape index (κ2) is 5.85. The highest BCUT2D eigenvalue weighted by atomic mass is 35.5. The van der Waals surface area contributed by atoms with Gasteiger partial charge in [-0.05, 0) is 37.5 Å². The average molecular weight is 294 g/mol. The van der Waals surface area contributed by atoms with Crippen LogP contribution >= 0.6 is 11.6 Å². The van der Waals surface area contributed by atoms with Gasteiger partial charge in [-0.2, -0.15) is 5.10 Å². The SMILES string of the molecule is Cc1cc(CN)cc(C)c1OCc1c(C)nn(C)c1Cl. The van der Waals surface area contributed by atoms with E-state index in [9.17, 15) is 0 Å². The van der Waals surface area contributed by atoms with Gasteiger partial charge in [0.2, 0.25) is 0 Å². The average Bonchev–Trinajstić information content (AvgIpc) is 2.63. The first-order chi connectivity index (χ1) is 9.43. The van der Waals surface area contributed by atoms with Crippen molar-refractivity contribution >= 4 is 11.6 Å². The van der Waals surface area contributed by atoms with E-state index in [1.807, 2.05) is 27.8 Å². The van der Waals surface area contributed by atoms with Crippen molar-refractivity contribution < 1.29 is 4.74 Å². The predicted octanol–water partition coefficient (Wildman–Crippen LogP) is 3.04. The third-order valence-electron chi connectivity index (χ3n) is 3.39. The maximum Gasteiger partial charge on any atom is 0.133 e. The summed E-state index contributed by atoms with van der Waals surface area (Å²) >= 11 is 6.21. The summed E-state index contributed by atoms with van der Waals surface area (Å²) < 4.78 is 7.61. The zero-order valence-corrected chi connectivity index (χ0v) is 13.1. The Morgan fingerprint density at radius 3 is 2.30 bits per heavy atom. The first-order valence-electron chi connectivity index (χ1n) is 6.55. The number of aromatic nitrogens is 2. The van der Waals surface area contributed by atoms with E-state index in [1.165, 1.54) is 0 Å². The molecular formula is C15H20ClN3O. The molecule has 0 aliphatic rings. The third-order valence-corrected chi connectivity index (χ3v) is 3.86. The predicted molar refractivity (Wildman–Crippen MR) is 81.1 cm³/mol. The van der Waals surface area contributed by atoms with Crippen LogP contribution in [0.25, 0.3) is 0 Å². The van der Waals surface area contributed by atoms with Crippen molar-refractivity contribution in [3.05, 3.63) is 45.2 Å². The lowest BCUT2D eigenvalue weighted by atomic mass is 10.1. The van der Waals surface area contributed by atoms with Crippen LogP contribution < -0.4 is 10.5 Å². The molecule has 0 aliphatic carbocycles. The summed E-state index contributed by atoms with van der Waals surface area (Å²) in [6.45, 7) is 6.94. The van der Waals surface area contributed by atoms with Gasteiger partial charge < -0.3 is 10.5 Å². The Kier molecular flexibility index (Phi) is 4.35. The molecule has 0 atom stereocenters. The van der Waals surface area contributed by atoms with Crippen LogP contribution in [-0.2, 0) is 20.2 Å². The van der Waals surface area contributed by atoms with E-state index >= 15 is 0 Å². The zero-order chi connectivity index (χ0) is 14.9. The molecule has 2 aromatic rings. The highest BCUT2D eigenvalue weighted by Gasteiger charge is 2.13. The number of rotatable bonds is 4. The molecule has 0 radical (unpaired) electrons. The number of nitrogens with zero attached hydrogens (tertiary/aromatic N) is 2. The Bertz CT molecular complexity index is 611. The summed E-state index contributed by atoms with van der Waals surface area (Å²) in [4.78, 5) is 0. The molecule has 0 bridgehead atoms. The largest absolute Gasteiger partial charge is 0.488 e. The minimum absolute atomic E-state index is 0.419. The van der Waals surface area contributed by atoms with E-state index in [-0.39, 0.29) is 0 Å². The lowest BCUT2D eigenvalue weighted by Crippen LogP contribution is -2.03. The van der Waals surface area contributed by atoms with Crippen molar-refractivity contribution in [3.8, 4) is 5.75 Å². The monoisotopic (exact) mass is 293 g/mol. The van der Waals surface area contributed by atoms with Gasteiger partial charge in [0.05, 0.1) is 5.69 Å². The smallest absolute Gasteiger partial charge is 0.133 e. The lowest BCUT2D eigenvalue weighted by Gasteiger charge is -2.13. The molecule has 1 heterocycles. The van der Waals surface area contributed by atoms with Gasteiger partial charge in [0, 0.05) is 19.2 Å². The number of aryl methyl sites for hydroxylation is 4. The first-order valence-corrected chi connectivity index (χ1v) is 6.92. The molecule has 1 aromatic carbocycles. The van der Waals surface area contributed by atoms with E-state index in [0.717, 1.165) is 33.7 Å². The van der Waals surface area contributed by atoms with Gasteiger partial charge >= 0.3 is 0 Å². The molecule has 1 aromatic heterocycles. The Morgan fingerprint density at radius 2 is 1.85 bits per heavy atom. The maximum atomic E-state index is 6.21. The van der Waals surface area contributed by atoms with Crippen molar-refractivity contribution in [2.24, 2.45) is 12.8 Å². The molecule has 0 fully saturated rings. The Hall–Kier alpha value is -1.52. The summed E-state index contributed by atoms with van der Waals surface area (Å²) in [5, 5.41) is 4.90. The number of hydrogen-bond donors (Lipinski definition) is 1. The number of hydrogen-bond acceptors (Lipinski definition) is 3. The Morgan fingerprint density at radius 1 is 1.25 bits per heavy atom. The van der Waals surface area contributed by atoms with Crippen molar-refractivity contribution in [2.75, 3.05) is 0 Å². The molecule has 0 saturated carbocycles. The van der Waals surface area contributed by atoms with Gasteiger partial charge in [0.15, 0.2) is 0 Å². The minimum Gasteiger partial charge on any atom is -0.488 e. The Labute approximate surface area is 124 Å². The van der Waals surface area contributed by atoms with Gasteiger partial charge in [-0.1, -0.05) is 23.7 Å². The van der Waals surface area contributed by atoms with Gasteiger partial charge in [-0.15, -0.1) is 0 Å².